The smallest absolute Gasteiger partial charge is 0.130 e. The molecule has 3 N–H and O–H groups in total. The lowest BCUT2D eigenvalue weighted by Gasteiger charge is -2.25. The monoisotopic (exact) mass is 432 g/mol. The number of pyridine rings is 1. The number of ether oxygens (including phenoxy) is 1. The van der Waals surface area contributed by atoms with Crippen molar-refractivity contribution in [2.24, 2.45) is 0 Å². The average molecular weight is 433 g/mol. The van der Waals surface area contributed by atoms with Crippen molar-refractivity contribution in [3.05, 3.63) is 45.9 Å². The minimum absolute atomic E-state index is 0.00945. The van der Waals surface area contributed by atoms with Crippen molar-refractivity contribution < 1.29 is 14.9 Å². The van der Waals surface area contributed by atoms with E-state index in [9.17, 15) is 10.2 Å². The fourth-order valence-electron chi connectivity index (χ4n) is 3.86. The highest BCUT2D eigenvalue weighted by molar-refractivity contribution is 7.19. The molecule has 0 radical (unpaired) electrons. The van der Waals surface area contributed by atoms with Gasteiger partial charge in [-0.3, -0.25) is 4.98 Å². The molecule has 2 aromatic heterocycles. The number of aliphatic hydroxyl groups excluding tert-OH is 1. The van der Waals surface area contributed by atoms with Crippen molar-refractivity contribution in [1.29, 1.82) is 0 Å². The van der Waals surface area contributed by atoms with Crippen LogP contribution in [0.3, 0.4) is 0 Å². The molecule has 7 heteroatoms. The Balaban J connectivity index is 1.75. The van der Waals surface area contributed by atoms with Crippen LogP contribution in [0.4, 0.5) is 0 Å². The first-order valence-electron chi connectivity index (χ1n) is 9.67. The standard InChI is InChI=1S/C22H25ClN2O3S/c1-12-6-13(23)7-17(16-4-5-24-18-9-15(11-26)29-21(16)18)20(12)28-14-8-19(25-10-14)22(2,3)27/h4-7,9,14,19,25-27H,8,10-11H2,1-3H3/t14-,19+/m0/s1. The lowest BCUT2D eigenvalue weighted by atomic mass is 9.97. The molecule has 1 saturated heterocycles. The molecule has 1 aliphatic heterocycles. The number of benzene rings is 1. The number of nitrogens with zero attached hydrogens (tertiary/aromatic N) is 1. The van der Waals surface area contributed by atoms with Gasteiger partial charge in [-0.1, -0.05) is 11.6 Å². The van der Waals surface area contributed by atoms with Crippen molar-refractivity contribution in [3.63, 3.8) is 0 Å². The van der Waals surface area contributed by atoms with E-state index >= 15 is 0 Å². The number of aliphatic hydroxyl groups is 2. The van der Waals surface area contributed by atoms with E-state index < -0.39 is 5.60 Å². The predicted octanol–water partition coefficient (Wildman–Crippen LogP) is 4.30. The van der Waals surface area contributed by atoms with Crippen LogP contribution in [0.15, 0.2) is 30.5 Å². The molecule has 0 amide bonds. The van der Waals surface area contributed by atoms with Gasteiger partial charge >= 0.3 is 0 Å². The summed E-state index contributed by atoms with van der Waals surface area (Å²) in [7, 11) is 0. The van der Waals surface area contributed by atoms with Crippen LogP contribution in [0.1, 0.15) is 30.7 Å². The van der Waals surface area contributed by atoms with Crippen molar-refractivity contribution in [2.75, 3.05) is 6.54 Å². The van der Waals surface area contributed by atoms with Gasteiger partial charge in [0.25, 0.3) is 0 Å². The summed E-state index contributed by atoms with van der Waals surface area (Å²) < 4.78 is 7.46. The summed E-state index contributed by atoms with van der Waals surface area (Å²) in [6.07, 6.45) is 2.45. The second-order valence-corrected chi connectivity index (χ2v) is 9.71. The van der Waals surface area contributed by atoms with Gasteiger partial charge in [-0.05, 0) is 50.6 Å². The summed E-state index contributed by atoms with van der Waals surface area (Å²) >= 11 is 7.93. The Morgan fingerprint density at radius 3 is 2.79 bits per heavy atom. The Morgan fingerprint density at radius 1 is 1.31 bits per heavy atom. The molecule has 29 heavy (non-hydrogen) atoms. The van der Waals surface area contributed by atoms with Crippen LogP contribution in [0, 0.1) is 6.92 Å². The Morgan fingerprint density at radius 2 is 2.10 bits per heavy atom. The topological polar surface area (TPSA) is 74.6 Å². The van der Waals surface area contributed by atoms with Gasteiger partial charge in [0.1, 0.15) is 11.9 Å². The van der Waals surface area contributed by atoms with E-state index in [1.807, 2.05) is 45.0 Å². The maximum Gasteiger partial charge on any atom is 0.130 e. The number of hydrogen-bond donors (Lipinski definition) is 3. The number of rotatable bonds is 5. The van der Waals surface area contributed by atoms with Gasteiger partial charge in [0.2, 0.25) is 0 Å². The molecule has 2 atom stereocenters. The summed E-state index contributed by atoms with van der Waals surface area (Å²) in [6, 6.07) is 7.69. The van der Waals surface area contributed by atoms with Gasteiger partial charge < -0.3 is 20.3 Å². The molecule has 0 unspecified atom stereocenters. The number of nitrogens with one attached hydrogen (secondary N) is 1. The van der Waals surface area contributed by atoms with E-state index in [2.05, 4.69) is 10.3 Å². The maximum absolute atomic E-state index is 10.3. The second kappa shape index (κ2) is 7.85. The Bertz CT molecular complexity index is 1040. The fourth-order valence-corrected chi connectivity index (χ4v) is 5.14. The first-order valence-corrected chi connectivity index (χ1v) is 10.9. The maximum atomic E-state index is 10.3. The zero-order valence-corrected chi connectivity index (χ0v) is 18.3. The normalized spacial score (nSPS) is 19.8. The van der Waals surface area contributed by atoms with Crippen LogP contribution < -0.4 is 10.1 Å². The first kappa shape index (κ1) is 20.6. The van der Waals surface area contributed by atoms with Crippen molar-refractivity contribution in [2.45, 2.75) is 51.5 Å². The molecule has 0 bridgehead atoms. The largest absolute Gasteiger partial charge is 0.488 e. The van der Waals surface area contributed by atoms with Gasteiger partial charge in [0, 0.05) is 46.2 Å². The van der Waals surface area contributed by atoms with Gasteiger partial charge in [-0.15, -0.1) is 11.3 Å². The zero-order valence-electron chi connectivity index (χ0n) is 16.7. The van der Waals surface area contributed by atoms with Gasteiger partial charge in [0.15, 0.2) is 0 Å². The fraction of sp³-hybridized carbons (Fsp3) is 0.409. The Kier molecular flexibility index (Phi) is 5.57. The number of hydrogen-bond acceptors (Lipinski definition) is 6. The van der Waals surface area contributed by atoms with Crippen LogP contribution in [0.5, 0.6) is 5.75 Å². The predicted molar refractivity (Wildman–Crippen MR) is 118 cm³/mol. The summed E-state index contributed by atoms with van der Waals surface area (Å²) in [5.41, 5.74) is 2.92. The van der Waals surface area contributed by atoms with E-state index in [4.69, 9.17) is 16.3 Å². The van der Waals surface area contributed by atoms with E-state index in [0.29, 0.717) is 11.6 Å². The third-order valence-corrected chi connectivity index (χ3v) is 6.74. The lowest BCUT2D eigenvalue weighted by Crippen LogP contribution is -2.42. The van der Waals surface area contributed by atoms with E-state index in [1.165, 1.54) is 11.3 Å². The number of aromatic nitrogens is 1. The average Bonchev–Trinajstić information content (AvgIpc) is 3.29. The van der Waals surface area contributed by atoms with Crippen molar-refractivity contribution in [1.82, 2.24) is 10.3 Å². The molecule has 4 rings (SSSR count). The SMILES string of the molecule is Cc1cc(Cl)cc(-c2ccnc3cc(CO)sc23)c1O[C@@H]1CN[C@@H](C(C)(C)O)C1. The quantitative estimate of drug-likeness (QED) is 0.560. The van der Waals surface area contributed by atoms with E-state index in [-0.39, 0.29) is 18.8 Å². The zero-order chi connectivity index (χ0) is 20.8. The molecule has 1 fully saturated rings. The van der Waals surface area contributed by atoms with E-state index in [0.717, 1.165) is 44.0 Å². The van der Waals surface area contributed by atoms with Crippen LogP contribution >= 0.6 is 22.9 Å². The molecule has 3 aromatic rings. The van der Waals surface area contributed by atoms with Gasteiger partial charge in [-0.2, -0.15) is 0 Å². The van der Waals surface area contributed by atoms with Crippen LogP contribution in [-0.4, -0.2) is 39.5 Å². The molecule has 3 heterocycles. The van der Waals surface area contributed by atoms with Crippen LogP contribution in [0.25, 0.3) is 21.3 Å². The van der Waals surface area contributed by atoms with E-state index in [1.54, 1.807) is 6.20 Å². The third-order valence-electron chi connectivity index (χ3n) is 5.38. The van der Waals surface area contributed by atoms with Crippen LogP contribution in [-0.2, 0) is 6.61 Å². The molecule has 1 aliphatic rings. The summed E-state index contributed by atoms with van der Waals surface area (Å²) in [5, 5.41) is 23.8. The third kappa shape index (κ3) is 4.13. The van der Waals surface area contributed by atoms with Crippen molar-refractivity contribution >= 4 is 33.2 Å². The Labute approximate surface area is 179 Å². The minimum Gasteiger partial charge on any atom is -0.488 e. The lowest BCUT2D eigenvalue weighted by molar-refractivity contribution is 0.0412. The van der Waals surface area contributed by atoms with Crippen LogP contribution in [0.2, 0.25) is 5.02 Å². The number of thiophene rings is 1. The number of halogens is 1. The van der Waals surface area contributed by atoms with Crippen molar-refractivity contribution in [3.8, 4) is 16.9 Å². The molecule has 1 aromatic carbocycles. The Hall–Kier alpha value is -1.70. The molecule has 0 aliphatic carbocycles. The first-order chi connectivity index (χ1) is 13.8. The second-order valence-electron chi connectivity index (χ2n) is 8.13. The summed E-state index contributed by atoms with van der Waals surface area (Å²) in [6.45, 7) is 6.29. The number of aryl methyl sites for hydroxylation is 1. The molecular formula is C22H25ClN2O3S. The summed E-state index contributed by atoms with van der Waals surface area (Å²) in [4.78, 5) is 5.31. The molecule has 5 nitrogen and oxygen atoms in total. The highest BCUT2D eigenvalue weighted by Crippen LogP contribution is 2.42. The molecule has 0 saturated carbocycles. The highest BCUT2D eigenvalue weighted by Gasteiger charge is 2.35. The highest BCUT2D eigenvalue weighted by atomic mass is 35.5. The minimum atomic E-state index is -0.801. The summed E-state index contributed by atoms with van der Waals surface area (Å²) in [5.74, 6) is 0.795. The molecule has 154 valence electrons. The molecular weight excluding hydrogens is 408 g/mol. The van der Waals surface area contributed by atoms with Gasteiger partial charge in [-0.25, -0.2) is 0 Å². The van der Waals surface area contributed by atoms with Gasteiger partial charge in [0.05, 0.1) is 22.4 Å². The number of fused-ring (bicyclic) bond motifs is 1. The molecule has 0 spiro atoms.